The molecule has 3 amide bonds. The van der Waals surface area contributed by atoms with Crippen molar-refractivity contribution in [2.75, 3.05) is 11.9 Å². The van der Waals surface area contributed by atoms with Crippen molar-refractivity contribution in [2.24, 2.45) is 5.73 Å². The number of hydrogen-bond acceptors (Lipinski definition) is 5. The van der Waals surface area contributed by atoms with Gasteiger partial charge in [0.25, 0.3) is 5.91 Å². The number of aromatic nitrogens is 1. The number of pyridine rings is 1. The van der Waals surface area contributed by atoms with E-state index in [-0.39, 0.29) is 17.8 Å². The fourth-order valence-electron chi connectivity index (χ4n) is 3.01. The van der Waals surface area contributed by atoms with Crippen molar-refractivity contribution in [1.29, 1.82) is 0 Å². The zero-order chi connectivity index (χ0) is 17.8. The number of nitrogens with two attached hydrogens (primary N) is 1. The Morgan fingerprint density at radius 3 is 2.92 bits per heavy atom. The number of furan rings is 1. The van der Waals surface area contributed by atoms with Crippen LogP contribution in [0.15, 0.2) is 41.1 Å². The first-order valence-electron chi connectivity index (χ1n) is 8.09. The number of carbonyl (C=O) groups is 2. The van der Waals surface area contributed by atoms with Crippen LogP contribution in [0.2, 0.25) is 0 Å². The highest BCUT2D eigenvalue weighted by molar-refractivity contribution is 5.92. The quantitative estimate of drug-likeness (QED) is 0.764. The van der Waals surface area contributed by atoms with Crippen LogP contribution in [0.4, 0.5) is 10.5 Å². The fourth-order valence-corrected chi connectivity index (χ4v) is 3.01. The van der Waals surface area contributed by atoms with Crippen LogP contribution < -0.4 is 11.1 Å². The Kier molecular flexibility index (Phi) is 4.99. The molecule has 1 fully saturated rings. The molecule has 1 aliphatic heterocycles. The summed E-state index contributed by atoms with van der Waals surface area (Å²) in [5.41, 5.74) is 5.76. The number of hydrogen-bond donors (Lipinski definition) is 3. The summed E-state index contributed by atoms with van der Waals surface area (Å²) in [6.45, 7) is 0.619. The van der Waals surface area contributed by atoms with Gasteiger partial charge in [0.15, 0.2) is 0 Å². The lowest BCUT2D eigenvalue weighted by Crippen LogP contribution is -2.39. The van der Waals surface area contributed by atoms with E-state index in [1.807, 2.05) is 0 Å². The molecule has 8 nitrogen and oxygen atoms in total. The third-order valence-corrected chi connectivity index (χ3v) is 4.27. The van der Waals surface area contributed by atoms with E-state index < -0.39 is 12.0 Å². The highest BCUT2D eigenvalue weighted by atomic mass is 16.4. The minimum atomic E-state index is -0.745. The topological polar surface area (TPSA) is 122 Å². The Hall–Kier alpha value is -2.87. The molecule has 25 heavy (non-hydrogen) atoms. The van der Waals surface area contributed by atoms with Crippen molar-refractivity contribution in [3.05, 3.63) is 48.2 Å². The van der Waals surface area contributed by atoms with Gasteiger partial charge in [-0.2, -0.15) is 0 Å². The van der Waals surface area contributed by atoms with E-state index in [4.69, 9.17) is 10.2 Å². The molecule has 2 unspecified atom stereocenters. The average Bonchev–Trinajstić information content (AvgIpc) is 3.27. The van der Waals surface area contributed by atoms with Crippen molar-refractivity contribution < 1.29 is 19.1 Å². The predicted octanol–water partition coefficient (Wildman–Crippen LogP) is 1.89. The summed E-state index contributed by atoms with van der Waals surface area (Å²) >= 11 is 0. The summed E-state index contributed by atoms with van der Waals surface area (Å²) in [6, 6.07) is 6.14. The first-order valence-corrected chi connectivity index (χ1v) is 8.09. The van der Waals surface area contributed by atoms with Gasteiger partial charge < -0.3 is 25.5 Å². The van der Waals surface area contributed by atoms with Gasteiger partial charge in [0.2, 0.25) is 0 Å². The minimum Gasteiger partial charge on any atom is -0.467 e. The van der Waals surface area contributed by atoms with Crippen LogP contribution in [0, 0.1) is 0 Å². The molecule has 0 bridgehead atoms. The maximum absolute atomic E-state index is 12.5. The van der Waals surface area contributed by atoms with Gasteiger partial charge in [0, 0.05) is 19.0 Å². The van der Waals surface area contributed by atoms with Gasteiger partial charge in [-0.25, -0.2) is 9.78 Å². The van der Waals surface area contributed by atoms with Crippen LogP contribution in [-0.4, -0.2) is 39.5 Å². The monoisotopic (exact) mass is 344 g/mol. The number of rotatable bonds is 5. The number of urea groups is 1. The zero-order valence-electron chi connectivity index (χ0n) is 13.6. The van der Waals surface area contributed by atoms with Gasteiger partial charge in [0.05, 0.1) is 18.1 Å². The lowest BCUT2D eigenvalue weighted by molar-refractivity contribution is 0.0995. The minimum absolute atomic E-state index is 0.0713. The van der Waals surface area contributed by atoms with E-state index in [2.05, 4.69) is 10.3 Å². The molecule has 0 spiro atoms. The summed E-state index contributed by atoms with van der Waals surface area (Å²) in [6.07, 6.45) is 4.28. The second-order valence-electron chi connectivity index (χ2n) is 5.98. The molecule has 8 heteroatoms. The van der Waals surface area contributed by atoms with Gasteiger partial charge in [-0.1, -0.05) is 0 Å². The Morgan fingerprint density at radius 1 is 1.44 bits per heavy atom. The maximum atomic E-state index is 12.5. The Labute approximate surface area is 144 Å². The van der Waals surface area contributed by atoms with Gasteiger partial charge in [0.1, 0.15) is 17.6 Å². The Bertz CT molecular complexity index is 730. The molecule has 3 rings (SSSR count). The van der Waals surface area contributed by atoms with E-state index in [1.54, 1.807) is 23.1 Å². The molecule has 2 atom stereocenters. The number of aliphatic hydroxyl groups excluding tert-OH is 1. The van der Waals surface area contributed by atoms with E-state index in [0.29, 0.717) is 24.4 Å². The molecule has 0 saturated carbocycles. The molecule has 1 saturated heterocycles. The van der Waals surface area contributed by atoms with Crippen molar-refractivity contribution in [2.45, 2.75) is 31.4 Å². The normalized spacial score (nSPS) is 18.1. The molecular weight excluding hydrogens is 324 g/mol. The number of carbonyl (C=O) groups excluding carboxylic acids is 2. The number of nitrogens with one attached hydrogen (secondary N) is 1. The molecule has 4 N–H and O–H groups in total. The number of likely N-dealkylation sites (tertiary alicyclic amines) is 1. The molecule has 3 heterocycles. The Balaban J connectivity index is 1.61. The fraction of sp³-hybridized carbons (Fsp3) is 0.353. The van der Waals surface area contributed by atoms with Gasteiger partial charge in [-0.05, 0) is 37.1 Å². The molecular formula is C17H20N4O4. The summed E-state index contributed by atoms with van der Waals surface area (Å²) in [4.78, 5) is 29.1. The smallest absolute Gasteiger partial charge is 0.322 e. The van der Waals surface area contributed by atoms with Crippen molar-refractivity contribution in [3.63, 3.8) is 0 Å². The van der Waals surface area contributed by atoms with Crippen molar-refractivity contribution >= 4 is 17.6 Å². The molecule has 0 aromatic carbocycles. The molecule has 2 aromatic heterocycles. The molecule has 1 aliphatic rings. The van der Waals surface area contributed by atoms with E-state index in [1.165, 1.54) is 18.5 Å². The van der Waals surface area contributed by atoms with Gasteiger partial charge in [-0.3, -0.25) is 4.79 Å². The van der Waals surface area contributed by atoms with Crippen LogP contribution in [-0.2, 0) is 0 Å². The lowest BCUT2D eigenvalue weighted by Gasteiger charge is -2.26. The van der Waals surface area contributed by atoms with Crippen molar-refractivity contribution in [1.82, 2.24) is 9.88 Å². The SMILES string of the molecule is NC(=O)c1ccc(NC(=O)N2CCCC2CC(O)c2ccco2)cn1. The standard InChI is InChI=1S/C17H20N4O4/c18-16(23)13-6-5-11(10-19-13)20-17(24)21-7-1-3-12(21)9-14(22)15-4-2-8-25-15/h2,4-6,8,10,12,14,22H,1,3,7,9H2,(H2,18,23)(H,20,24). The van der Waals surface area contributed by atoms with Crippen LogP contribution >= 0.6 is 0 Å². The highest BCUT2D eigenvalue weighted by Crippen LogP contribution is 2.28. The molecule has 0 aliphatic carbocycles. The number of nitrogens with zero attached hydrogens (tertiary/aromatic N) is 2. The summed E-state index contributed by atoms with van der Waals surface area (Å²) < 4.78 is 5.21. The van der Waals surface area contributed by atoms with Gasteiger partial charge in [-0.15, -0.1) is 0 Å². The summed E-state index contributed by atoms with van der Waals surface area (Å²) in [5, 5.41) is 13.0. The lowest BCUT2D eigenvalue weighted by atomic mass is 10.1. The molecule has 132 valence electrons. The van der Waals surface area contributed by atoms with E-state index >= 15 is 0 Å². The summed E-state index contributed by atoms with van der Waals surface area (Å²) in [7, 11) is 0. The molecule has 2 aromatic rings. The second kappa shape index (κ2) is 7.35. The number of primary amides is 1. The number of aliphatic hydroxyl groups is 1. The second-order valence-corrected chi connectivity index (χ2v) is 5.98. The van der Waals surface area contributed by atoms with E-state index in [9.17, 15) is 14.7 Å². The summed E-state index contributed by atoms with van der Waals surface area (Å²) in [5.74, 6) is -0.122. The first-order chi connectivity index (χ1) is 12.0. The van der Waals surface area contributed by atoms with Crippen LogP contribution in [0.3, 0.4) is 0 Å². The predicted molar refractivity (Wildman–Crippen MR) is 89.8 cm³/mol. The highest BCUT2D eigenvalue weighted by Gasteiger charge is 2.31. The van der Waals surface area contributed by atoms with E-state index in [0.717, 1.165) is 12.8 Å². The van der Waals surface area contributed by atoms with Crippen LogP contribution in [0.5, 0.6) is 0 Å². The maximum Gasteiger partial charge on any atom is 0.322 e. The van der Waals surface area contributed by atoms with Gasteiger partial charge >= 0.3 is 6.03 Å². The number of anilines is 1. The number of amides is 3. The largest absolute Gasteiger partial charge is 0.467 e. The third-order valence-electron chi connectivity index (χ3n) is 4.27. The third kappa shape index (κ3) is 3.97. The zero-order valence-corrected chi connectivity index (χ0v) is 13.6. The van der Waals surface area contributed by atoms with Crippen LogP contribution in [0.1, 0.15) is 41.6 Å². The molecule has 0 radical (unpaired) electrons. The first kappa shape index (κ1) is 17.0. The van der Waals surface area contributed by atoms with Crippen LogP contribution in [0.25, 0.3) is 0 Å². The average molecular weight is 344 g/mol. The van der Waals surface area contributed by atoms with Crippen molar-refractivity contribution in [3.8, 4) is 0 Å². The Morgan fingerprint density at radius 2 is 2.28 bits per heavy atom.